The predicted octanol–water partition coefficient (Wildman–Crippen LogP) is 2.92. The molecule has 1 heterocycles. The molecule has 6 heteroatoms. The summed E-state index contributed by atoms with van der Waals surface area (Å²) in [6.45, 7) is 6.26. The van der Waals surface area contributed by atoms with Gasteiger partial charge in [0.25, 0.3) is 0 Å². The van der Waals surface area contributed by atoms with Crippen LogP contribution in [0.5, 0.6) is 0 Å². The zero-order chi connectivity index (χ0) is 15.8. The number of hydrogen-bond donors (Lipinski definition) is 1. The summed E-state index contributed by atoms with van der Waals surface area (Å²) in [6, 6.07) is 6.90. The van der Waals surface area contributed by atoms with Crippen molar-refractivity contribution < 1.29 is 9.13 Å². The van der Waals surface area contributed by atoms with Gasteiger partial charge < -0.3 is 15.0 Å². The number of aliphatic imine (C=N–C) groups is 1. The van der Waals surface area contributed by atoms with E-state index >= 15 is 0 Å². The molecule has 130 valence electrons. The van der Waals surface area contributed by atoms with E-state index in [9.17, 15) is 4.39 Å². The standard InChI is InChI=1S/C17H26FN3O.HI/c1-3-19-17(21-11-9-14(12-21)13-22-2)20-10-8-15-6-4-5-7-16(15)18;/h4-7,14H,3,8-13H2,1-2H3,(H,19,20);1H. The van der Waals surface area contributed by atoms with Gasteiger partial charge in [-0.15, -0.1) is 24.0 Å². The quantitative estimate of drug-likeness (QED) is 0.424. The van der Waals surface area contributed by atoms with Crippen molar-refractivity contribution >= 4 is 29.9 Å². The Balaban J connectivity index is 0.00000264. The average molecular weight is 435 g/mol. The third-order valence-corrected chi connectivity index (χ3v) is 3.92. The highest BCUT2D eigenvalue weighted by molar-refractivity contribution is 14.0. The molecule has 0 amide bonds. The molecule has 0 bridgehead atoms. The van der Waals surface area contributed by atoms with Crippen LogP contribution in [0.15, 0.2) is 29.3 Å². The molecule has 1 aliphatic heterocycles. The number of guanidine groups is 1. The van der Waals surface area contributed by atoms with Crippen molar-refractivity contribution in [2.45, 2.75) is 19.8 Å². The number of ether oxygens (including phenoxy) is 1. The second-order valence-electron chi connectivity index (χ2n) is 5.63. The van der Waals surface area contributed by atoms with Crippen molar-refractivity contribution in [3.8, 4) is 0 Å². The largest absolute Gasteiger partial charge is 0.384 e. The van der Waals surface area contributed by atoms with Crippen LogP contribution >= 0.6 is 24.0 Å². The lowest BCUT2D eigenvalue weighted by Gasteiger charge is -2.21. The van der Waals surface area contributed by atoms with Crippen molar-refractivity contribution in [1.82, 2.24) is 10.2 Å². The number of halogens is 2. The summed E-state index contributed by atoms with van der Waals surface area (Å²) in [7, 11) is 1.75. The number of nitrogens with zero attached hydrogens (tertiary/aromatic N) is 2. The fraction of sp³-hybridized carbons (Fsp3) is 0.588. The molecule has 2 rings (SSSR count). The molecule has 1 unspecified atom stereocenters. The molecular weight excluding hydrogens is 408 g/mol. The first-order chi connectivity index (χ1) is 10.7. The van der Waals surface area contributed by atoms with Gasteiger partial charge in [0.15, 0.2) is 5.96 Å². The van der Waals surface area contributed by atoms with E-state index in [0.29, 0.717) is 18.9 Å². The summed E-state index contributed by atoms with van der Waals surface area (Å²) in [5.41, 5.74) is 0.723. The summed E-state index contributed by atoms with van der Waals surface area (Å²) < 4.78 is 18.8. The van der Waals surface area contributed by atoms with Gasteiger partial charge in [0.2, 0.25) is 0 Å². The SMILES string of the molecule is CCNC(=NCCc1ccccc1F)N1CCC(COC)C1.I. The molecule has 1 saturated heterocycles. The third kappa shape index (κ3) is 6.25. The Kier molecular flexibility index (Phi) is 9.47. The summed E-state index contributed by atoms with van der Waals surface area (Å²) in [6.07, 6.45) is 1.75. The van der Waals surface area contributed by atoms with Crippen LogP contribution in [0, 0.1) is 11.7 Å². The highest BCUT2D eigenvalue weighted by atomic mass is 127. The van der Waals surface area contributed by atoms with E-state index in [0.717, 1.165) is 44.2 Å². The lowest BCUT2D eigenvalue weighted by molar-refractivity contribution is 0.157. The molecule has 1 N–H and O–H groups in total. The van der Waals surface area contributed by atoms with Crippen molar-refractivity contribution in [2.75, 3.05) is 39.9 Å². The zero-order valence-corrected chi connectivity index (χ0v) is 16.3. The average Bonchev–Trinajstić information content (AvgIpc) is 2.97. The molecule has 1 aromatic rings. The first kappa shape index (κ1) is 20.2. The van der Waals surface area contributed by atoms with Crippen LogP contribution in [0.1, 0.15) is 18.9 Å². The van der Waals surface area contributed by atoms with Gasteiger partial charge in [-0.2, -0.15) is 0 Å². The van der Waals surface area contributed by atoms with Gasteiger partial charge in [0.1, 0.15) is 5.82 Å². The fourth-order valence-electron chi connectivity index (χ4n) is 2.81. The molecule has 1 fully saturated rings. The van der Waals surface area contributed by atoms with Gasteiger partial charge in [-0.3, -0.25) is 4.99 Å². The molecule has 1 atom stereocenters. The van der Waals surface area contributed by atoms with Crippen LogP contribution in [-0.2, 0) is 11.2 Å². The van der Waals surface area contributed by atoms with Gasteiger partial charge in [-0.05, 0) is 31.4 Å². The van der Waals surface area contributed by atoms with Gasteiger partial charge in [0.05, 0.1) is 6.61 Å². The second kappa shape index (κ2) is 10.8. The molecule has 0 aromatic heterocycles. The smallest absolute Gasteiger partial charge is 0.193 e. The predicted molar refractivity (Wildman–Crippen MR) is 103 cm³/mol. The van der Waals surface area contributed by atoms with Crippen LogP contribution in [0.3, 0.4) is 0 Å². The number of nitrogens with one attached hydrogen (secondary N) is 1. The summed E-state index contributed by atoms with van der Waals surface area (Å²) >= 11 is 0. The normalized spacial score (nSPS) is 18.0. The Morgan fingerprint density at radius 2 is 2.22 bits per heavy atom. The summed E-state index contributed by atoms with van der Waals surface area (Å²) in [5, 5.41) is 3.33. The summed E-state index contributed by atoms with van der Waals surface area (Å²) in [5.74, 6) is 1.35. The molecule has 23 heavy (non-hydrogen) atoms. The van der Waals surface area contributed by atoms with Gasteiger partial charge >= 0.3 is 0 Å². The van der Waals surface area contributed by atoms with Crippen molar-refractivity contribution in [3.63, 3.8) is 0 Å². The number of hydrogen-bond acceptors (Lipinski definition) is 2. The van der Waals surface area contributed by atoms with E-state index in [1.165, 1.54) is 6.07 Å². The number of methoxy groups -OCH3 is 1. The Morgan fingerprint density at radius 1 is 1.43 bits per heavy atom. The molecule has 4 nitrogen and oxygen atoms in total. The maximum absolute atomic E-state index is 13.6. The fourth-order valence-corrected chi connectivity index (χ4v) is 2.81. The number of benzene rings is 1. The minimum Gasteiger partial charge on any atom is -0.384 e. The van der Waals surface area contributed by atoms with E-state index in [2.05, 4.69) is 22.1 Å². The molecule has 0 spiro atoms. The second-order valence-corrected chi connectivity index (χ2v) is 5.63. The van der Waals surface area contributed by atoms with E-state index in [1.54, 1.807) is 13.2 Å². The maximum atomic E-state index is 13.6. The minimum atomic E-state index is -0.149. The first-order valence-corrected chi connectivity index (χ1v) is 8.00. The molecule has 1 aliphatic rings. The van der Waals surface area contributed by atoms with E-state index < -0.39 is 0 Å². The zero-order valence-electron chi connectivity index (χ0n) is 13.9. The van der Waals surface area contributed by atoms with Gasteiger partial charge in [-0.25, -0.2) is 4.39 Å². The van der Waals surface area contributed by atoms with Crippen LogP contribution in [0.25, 0.3) is 0 Å². The molecule has 0 aliphatic carbocycles. The Bertz CT molecular complexity index is 498. The van der Waals surface area contributed by atoms with Crippen molar-refractivity contribution in [3.05, 3.63) is 35.6 Å². The van der Waals surface area contributed by atoms with Crippen LogP contribution in [0.4, 0.5) is 4.39 Å². The van der Waals surface area contributed by atoms with Gasteiger partial charge in [-0.1, -0.05) is 18.2 Å². The molecule has 0 saturated carbocycles. The first-order valence-electron chi connectivity index (χ1n) is 8.00. The highest BCUT2D eigenvalue weighted by Gasteiger charge is 2.24. The third-order valence-electron chi connectivity index (χ3n) is 3.92. The lowest BCUT2D eigenvalue weighted by Crippen LogP contribution is -2.40. The maximum Gasteiger partial charge on any atom is 0.193 e. The van der Waals surface area contributed by atoms with Crippen LogP contribution in [-0.4, -0.2) is 50.8 Å². The highest BCUT2D eigenvalue weighted by Crippen LogP contribution is 2.16. The Labute approximate surface area is 155 Å². The minimum absolute atomic E-state index is 0. The number of likely N-dealkylation sites (tertiary alicyclic amines) is 1. The van der Waals surface area contributed by atoms with Crippen LogP contribution in [0.2, 0.25) is 0 Å². The van der Waals surface area contributed by atoms with E-state index in [4.69, 9.17) is 4.74 Å². The Hall–Kier alpha value is -0.890. The topological polar surface area (TPSA) is 36.9 Å². The van der Waals surface area contributed by atoms with E-state index in [-0.39, 0.29) is 29.8 Å². The monoisotopic (exact) mass is 435 g/mol. The Morgan fingerprint density at radius 3 is 2.91 bits per heavy atom. The van der Waals surface area contributed by atoms with Crippen molar-refractivity contribution in [1.29, 1.82) is 0 Å². The van der Waals surface area contributed by atoms with Crippen molar-refractivity contribution in [2.24, 2.45) is 10.9 Å². The van der Waals surface area contributed by atoms with Gasteiger partial charge in [0, 0.05) is 39.2 Å². The number of rotatable bonds is 6. The lowest BCUT2D eigenvalue weighted by atomic mass is 10.1. The molecule has 1 aromatic carbocycles. The van der Waals surface area contributed by atoms with E-state index in [1.807, 2.05) is 12.1 Å². The van der Waals surface area contributed by atoms with Crippen LogP contribution < -0.4 is 5.32 Å². The molecular formula is C17H27FIN3O. The summed E-state index contributed by atoms with van der Waals surface area (Å²) in [4.78, 5) is 6.92. The molecule has 0 radical (unpaired) electrons.